The number of ketones is 1. The molecule has 0 radical (unpaired) electrons. The topological polar surface area (TPSA) is 95.7 Å². The van der Waals surface area contributed by atoms with Gasteiger partial charge < -0.3 is 15.1 Å². The number of aromatic nitrogens is 4. The number of Topliss-reactive ketones (excluding diaryl/α,β-unsaturated/α-hetero) is 1. The number of thiophene rings is 1. The van der Waals surface area contributed by atoms with Gasteiger partial charge in [-0.1, -0.05) is 0 Å². The molecule has 9 nitrogen and oxygen atoms in total. The molecule has 1 saturated heterocycles. The van der Waals surface area contributed by atoms with Gasteiger partial charge >= 0.3 is 0 Å². The number of piperidine rings is 1. The van der Waals surface area contributed by atoms with Gasteiger partial charge in [0.2, 0.25) is 5.91 Å². The second kappa shape index (κ2) is 8.60. The second-order valence-corrected chi connectivity index (χ2v) is 10.6. The molecular formula is C25H27N7O2S. The van der Waals surface area contributed by atoms with E-state index in [-0.39, 0.29) is 17.6 Å². The Morgan fingerprint density at radius 3 is 2.83 bits per heavy atom. The molecule has 35 heavy (non-hydrogen) atoms. The van der Waals surface area contributed by atoms with Crippen LogP contribution in [0.4, 0.5) is 17.2 Å². The third-order valence-corrected chi connectivity index (χ3v) is 8.24. The average Bonchev–Trinajstić information content (AvgIpc) is 3.47. The van der Waals surface area contributed by atoms with Crippen molar-refractivity contribution in [1.82, 2.24) is 24.5 Å². The minimum Gasteiger partial charge on any atom is -0.375 e. The Kier molecular flexibility index (Phi) is 5.40. The molecule has 0 saturated carbocycles. The van der Waals surface area contributed by atoms with Crippen LogP contribution in [0, 0.1) is 5.92 Å². The van der Waals surface area contributed by atoms with Crippen molar-refractivity contribution in [3.63, 3.8) is 0 Å². The fraction of sp³-hybridized carbons (Fsp3) is 0.400. The lowest BCUT2D eigenvalue weighted by Gasteiger charge is -2.31. The monoisotopic (exact) mass is 489 g/mol. The van der Waals surface area contributed by atoms with Crippen molar-refractivity contribution in [2.45, 2.75) is 32.1 Å². The maximum Gasteiger partial charge on any atom is 0.226 e. The molecule has 2 aliphatic rings. The van der Waals surface area contributed by atoms with Gasteiger partial charge in [-0.15, -0.1) is 11.3 Å². The summed E-state index contributed by atoms with van der Waals surface area (Å²) >= 11 is 1.67. The summed E-state index contributed by atoms with van der Waals surface area (Å²) in [5, 5.41) is 8.98. The number of nitrogens with zero attached hydrogens (tertiary/aromatic N) is 6. The predicted octanol–water partition coefficient (Wildman–Crippen LogP) is 3.45. The van der Waals surface area contributed by atoms with E-state index in [1.807, 2.05) is 35.8 Å². The van der Waals surface area contributed by atoms with Crippen LogP contribution in [-0.4, -0.2) is 63.4 Å². The number of likely N-dealkylation sites (tertiary alicyclic amines) is 1. The maximum atomic E-state index is 13.1. The Balaban J connectivity index is 1.31. The van der Waals surface area contributed by atoms with Crippen molar-refractivity contribution >= 4 is 56.0 Å². The summed E-state index contributed by atoms with van der Waals surface area (Å²) in [6, 6.07) is 4.05. The fourth-order valence-electron chi connectivity index (χ4n) is 5.19. The van der Waals surface area contributed by atoms with Crippen LogP contribution in [-0.2, 0) is 22.4 Å². The van der Waals surface area contributed by atoms with Crippen LogP contribution in [0.25, 0.3) is 15.7 Å². The van der Waals surface area contributed by atoms with Crippen LogP contribution in [0.5, 0.6) is 0 Å². The number of amides is 1. The van der Waals surface area contributed by atoms with Crippen molar-refractivity contribution in [1.29, 1.82) is 0 Å². The van der Waals surface area contributed by atoms with E-state index in [4.69, 9.17) is 0 Å². The molecular weight excluding hydrogens is 462 g/mol. The van der Waals surface area contributed by atoms with Gasteiger partial charge in [-0.3, -0.25) is 9.59 Å². The number of rotatable bonds is 4. The van der Waals surface area contributed by atoms with Gasteiger partial charge in [0, 0.05) is 57.0 Å². The molecule has 10 heteroatoms. The Morgan fingerprint density at radius 2 is 2.03 bits per heavy atom. The minimum absolute atomic E-state index is 0.0299. The normalized spacial score (nSPS) is 18.2. The number of nitrogens with one attached hydrogen (secondary N) is 1. The Hall–Kier alpha value is -3.53. The Bertz CT molecular complexity index is 1450. The van der Waals surface area contributed by atoms with Crippen LogP contribution in [0.3, 0.4) is 0 Å². The van der Waals surface area contributed by atoms with Crippen molar-refractivity contribution in [2.75, 3.05) is 37.4 Å². The van der Waals surface area contributed by atoms with Crippen LogP contribution in [0.2, 0.25) is 0 Å². The first kappa shape index (κ1) is 22.0. The summed E-state index contributed by atoms with van der Waals surface area (Å²) in [5.74, 6) is 1.21. The number of carbonyl (C=O) groups is 2. The molecule has 4 aromatic heterocycles. The molecule has 0 spiro atoms. The van der Waals surface area contributed by atoms with Crippen LogP contribution in [0.15, 0.2) is 30.9 Å². The third-order valence-electron chi connectivity index (χ3n) is 7.08. The minimum atomic E-state index is -0.0299. The Labute approximate surface area is 206 Å². The molecule has 1 atom stereocenters. The molecule has 5 heterocycles. The first-order chi connectivity index (χ1) is 17.0. The van der Waals surface area contributed by atoms with Gasteiger partial charge in [0.05, 0.1) is 28.5 Å². The van der Waals surface area contributed by atoms with Crippen LogP contribution in [0.1, 0.15) is 29.7 Å². The molecule has 0 bridgehead atoms. The van der Waals surface area contributed by atoms with Crippen LogP contribution >= 0.6 is 11.3 Å². The Morgan fingerprint density at radius 1 is 1.20 bits per heavy atom. The summed E-state index contributed by atoms with van der Waals surface area (Å²) in [7, 11) is 4.01. The molecule has 1 aliphatic carbocycles. The zero-order chi connectivity index (χ0) is 24.1. The molecule has 0 aromatic carbocycles. The van der Waals surface area contributed by atoms with Crippen molar-refractivity contribution in [3.8, 4) is 0 Å². The fourth-order valence-corrected chi connectivity index (χ4v) is 6.46. The summed E-state index contributed by atoms with van der Waals surface area (Å²) in [6.45, 7) is 1.12. The number of hydrogen-bond donors (Lipinski definition) is 1. The zero-order valence-electron chi connectivity index (χ0n) is 19.8. The van der Waals surface area contributed by atoms with E-state index >= 15 is 0 Å². The smallest absolute Gasteiger partial charge is 0.226 e. The van der Waals surface area contributed by atoms with E-state index < -0.39 is 0 Å². The van der Waals surface area contributed by atoms with Gasteiger partial charge in [-0.05, 0) is 37.0 Å². The molecule has 180 valence electrons. The maximum absolute atomic E-state index is 13.1. The molecule has 1 amide bonds. The van der Waals surface area contributed by atoms with Gasteiger partial charge in [0.1, 0.15) is 22.8 Å². The van der Waals surface area contributed by atoms with Crippen molar-refractivity contribution in [2.24, 2.45) is 5.92 Å². The van der Waals surface area contributed by atoms with E-state index in [2.05, 4.69) is 31.3 Å². The number of anilines is 3. The first-order valence-corrected chi connectivity index (χ1v) is 12.8. The summed E-state index contributed by atoms with van der Waals surface area (Å²) in [4.78, 5) is 40.0. The van der Waals surface area contributed by atoms with Crippen molar-refractivity contribution < 1.29 is 9.59 Å². The van der Waals surface area contributed by atoms with E-state index in [1.54, 1.807) is 23.9 Å². The largest absolute Gasteiger partial charge is 0.375 e. The molecule has 0 unspecified atom stereocenters. The third kappa shape index (κ3) is 3.91. The standard InChI is InChI=1S/C25H27N7O2S/c1-30(2)20-13-32-16(5-8-28-32)12-19(20)29-23-22-18-4-3-15(11-21(18)35-24(22)27-14-26-23)25(34)31-9-6-17(33)7-10-31/h5,8,12-15H,3-4,6-7,9-11H2,1-2H3,(H,26,27,29)/t15-/m0/s1. The highest BCUT2D eigenvalue weighted by Gasteiger charge is 2.33. The van der Waals surface area contributed by atoms with Gasteiger partial charge in [0.15, 0.2) is 0 Å². The van der Waals surface area contributed by atoms with E-state index in [9.17, 15) is 9.59 Å². The molecule has 1 aliphatic heterocycles. The lowest BCUT2D eigenvalue weighted by Crippen LogP contribution is -2.43. The SMILES string of the molecule is CN(C)c1cn2nccc2cc1Nc1ncnc2sc3c(c12)CC[C@H](C(=O)N1CCC(=O)CC1)C3. The van der Waals surface area contributed by atoms with E-state index in [1.165, 1.54) is 10.4 Å². The molecule has 1 N–H and O–H groups in total. The zero-order valence-corrected chi connectivity index (χ0v) is 20.6. The van der Waals surface area contributed by atoms with Crippen LogP contribution < -0.4 is 10.2 Å². The average molecular weight is 490 g/mol. The lowest BCUT2D eigenvalue weighted by molar-refractivity contribution is -0.138. The summed E-state index contributed by atoms with van der Waals surface area (Å²) in [6.07, 6.45) is 8.72. The first-order valence-electron chi connectivity index (χ1n) is 12.0. The molecule has 4 aromatic rings. The second-order valence-electron chi connectivity index (χ2n) is 9.50. The van der Waals surface area contributed by atoms with Gasteiger partial charge in [-0.25, -0.2) is 14.5 Å². The number of carbonyl (C=O) groups excluding carboxylic acids is 2. The van der Waals surface area contributed by atoms with E-state index in [0.717, 1.165) is 52.2 Å². The molecule has 6 rings (SSSR count). The van der Waals surface area contributed by atoms with E-state index in [0.29, 0.717) is 25.9 Å². The highest BCUT2D eigenvalue weighted by molar-refractivity contribution is 7.19. The number of pyridine rings is 1. The van der Waals surface area contributed by atoms with Gasteiger partial charge in [-0.2, -0.15) is 5.10 Å². The highest BCUT2D eigenvalue weighted by atomic mass is 32.1. The lowest BCUT2D eigenvalue weighted by atomic mass is 9.86. The van der Waals surface area contributed by atoms with Crippen molar-refractivity contribution in [3.05, 3.63) is 41.3 Å². The quantitative estimate of drug-likeness (QED) is 0.469. The molecule has 1 fully saturated rings. The number of hydrogen-bond acceptors (Lipinski definition) is 8. The highest BCUT2D eigenvalue weighted by Crippen LogP contribution is 2.41. The predicted molar refractivity (Wildman–Crippen MR) is 137 cm³/mol. The number of aryl methyl sites for hydroxylation is 1. The summed E-state index contributed by atoms with van der Waals surface area (Å²) < 4.78 is 1.86. The number of fused-ring (bicyclic) bond motifs is 4. The van der Waals surface area contributed by atoms with Gasteiger partial charge in [0.25, 0.3) is 0 Å². The summed E-state index contributed by atoms with van der Waals surface area (Å²) in [5.41, 5.74) is 4.20.